The zero-order chi connectivity index (χ0) is 12.3. The van der Waals surface area contributed by atoms with Crippen LogP contribution in [0.15, 0.2) is 22.7 Å². The van der Waals surface area contributed by atoms with Crippen LogP contribution in [0.2, 0.25) is 0 Å². The van der Waals surface area contributed by atoms with E-state index in [0.29, 0.717) is 5.56 Å². The number of benzene rings is 1. The van der Waals surface area contributed by atoms with E-state index in [1.807, 2.05) is 32.9 Å². The van der Waals surface area contributed by atoms with E-state index in [2.05, 4.69) is 22.0 Å². The first-order valence-electron chi connectivity index (χ1n) is 5.17. The summed E-state index contributed by atoms with van der Waals surface area (Å²) in [5, 5.41) is 8.99. The van der Waals surface area contributed by atoms with Crippen molar-refractivity contribution in [3.63, 3.8) is 0 Å². The average molecular weight is 280 g/mol. The quantitative estimate of drug-likeness (QED) is 0.791. The Morgan fingerprint density at radius 1 is 1.44 bits per heavy atom. The summed E-state index contributed by atoms with van der Waals surface area (Å²) in [5.74, 6) is -0.644. The molecule has 0 bridgehead atoms. The Morgan fingerprint density at radius 3 is 2.50 bits per heavy atom. The zero-order valence-corrected chi connectivity index (χ0v) is 11.2. The van der Waals surface area contributed by atoms with Crippen LogP contribution in [0.25, 0.3) is 0 Å². The smallest absolute Gasteiger partial charge is 0.181 e. The van der Waals surface area contributed by atoms with Crippen molar-refractivity contribution >= 4 is 21.7 Å². The molecule has 0 fully saturated rings. The van der Waals surface area contributed by atoms with Gasteiger partial charge in [0, 0.05) is 10.0 Å². The number of aryl methyl sites for hydroxylation is 1. The lowest BCUT2D eigenvalue weighted by Gasteiger charge is -2.12. The van der Waals surface area contributed by atoms with Crippen molar-refractivity contribution in [3.8, 4) is 6.07 Å². The Labute approximate surface area is 104 Å². The molecule has 0 radical (unpaired) electrons. The van der Waals surface area contributed by atoms with Crippen LogP contribution in [0.3, 0.4) is 0 Å². The van der Waals surface area contributed by atoms with Crippen molar-refractivity contribution in [1.82, 2.24) is 0 Å². The largest absolute Gasteiger partial charge is 0.293 e. The number of nitrogens with zero attached hydrogens (tertiary/aromatic N) is 1. The molecule has 2 nitrogen and oxygen atoms in total. The summed E-state index contributed by atoms with van der Waals surface area (Å²) in [7, 11) is 0. The maximum absolute atomic E-state index is 12.1. The maximum atomic E-state index is 12.1. The Bertz CT molecular complexity index is 446. The average Bonchev–Trinajstić information content (AvgIpc) is 2.17. The molecule has 3 heteroatoms. The van der Waals surface area contributed by atoms with Gasteiger partial charge in [-0.3, -0.25) is 4.79 Å². The molecule has 0 saturated carbocycles. The second-order valence-electron chi connectivity index (χ2n) is 4.20. The normalized spacial score (nSPS) is 12.2. The maximum Gasteiger partial charge on any atom is 0.181 e. The highest BCUT2D eigenvalue weighted by Gasteiger charge is 2.24. The van der Waals surface area contributed by atoms with Crippen LogP contribution in [0.5, 0.6) is 0 Å². The first-order chi connectivity index (χ1) is 7.47. The van der Waals surface area contributed by atoms with Crippen LogP contribution in [0.1, 0.15) is 29.8 Å². The van der Waals surface area contributed by atoms with E-state index < -0.39 is 5.92 Å². The fourth-order valence-corrected chi connectivity index (χ4v) is 2.19. The molecule has 1 atom stereocenters. The molecule has 0 spiro atoms. The van der Waals surface area contributed by atoms with Gasteiger partial charge in [0.05, 0.1) is 6.07 Å². The first-order valence-corrected chi connectivity index (χ1v) is 5.96. The number of carbonyl (C=O) groups excluding carboxylic acids is 1. The third-order valence-electron chi connectivity index (χ3n) is 2.48. The fourth-order valence-electron chi connectivity index (χ4n) is 1.50. The lowest BCUT2D eigenvalue weighted by molar-refractivity contribution is 0.0923. The van der Waals surface area contributed by atoms with Gasteiger partial charge in [-0.2, -0.15) is 5.26 Å². The lowest BCUT2D eigenvalue weighted by Crippen LogP contribution is -2.19. The van der Waals surface area contributed by atoms with E-state index in [0.717, 1.165) is 10.0 Å². The van der Waals surface area contributed by atoms with Crippen molar-refractivity contribution in [2.45, 2.75) is 20.8 Å². The first kappa shape index (κ1) is 12.9. The number of halogens is 1. The second kappa shape index (κ2) is 5.27. The van der Waals surface area contributed by atoms with Crippen LogP contribution in [-0.2, 0) is 0 Å². The van der Waals surface area contributed by atoms with Crippen LogP contribution in [0.4, 0.5) is 0 Å². The Balaban J connectivity index is 3.10. The van der Waals surface area contributed by atoms with Crippen molar-refractivity contribution in [1.29, 1.82) is 5.26 Å². The van der Waals surface area contributed by atoms with Crippen LogP contribution < -0.4 is 0 Å². The second-order valence-corrected chi connectivity index (χ2v) is 5.05. The molecule has 0 aliphatic carbocycles. The number of ketones is 1. The molecule has 0 aliphatic heterocycles. The lowest BCUT2D eigenvalue weighted by atomic mass is 9.89. The number of rotatable bonds is 3. The fraction of sp³-hybridized carbons (Fsp3) is 0.385. The van der Waals surface area contributed by atoms with E-state index in [-0.39, 0.29) is 11.7 Å². The molecule has 0 aliphatic rings. The van der Waals surface area contributed by atoms with Gasteiger partial charge in [0.1, 0.15) is 5.92 Å². The standard InChI is InChI=1S/C13H14BrNO/c1-8(2)11(7-15)13(16)10-5-4-9(3)6-12(10)14/h4-6,8,11H,1-3H3. The van der Waals surface area contributed by atoms with Gasteiger partial charge in [-0.15, -0.1) is 0 Å². The molecule has 0 amide bonds. The minimum Gasteiger partial charge on any atom is -0.293 e. The third kappa shape index (κ3) is 2.70. The van der Waals surface area contributed by atoms with Gasteiger partial charge in [-0.1, -0.05) is 35.8 Å². The topological polar surface area (TPSA) is 40.9 Å². The molecule has 0 N–H and O–H groups in total. The van der Waals surface area contributed by atoms with Gasteiger partial charge < -0.3 is 0 Å². The van der Waals surface area contributed by atoms with Gasteiger partial charge in [0.2, 0.25) is 0 Å². The van der Waals surface area contributed by atoms with E-state index in [9.17, 15) is 4.79 Å². The number of hydrogen-bond acceptors (Lipinski definition) is 2. The van der Waals surface area contributed by atoms with Crippen LogP contribution in [0, 0.1) is 30.1 Å². The predicted molar refractivity (Wildman–Crippen MR) is 67.2 cm³/mol. The number of nitriles is 1. The molecule has 1 rings (SSSR count). The summed E-state index contributed by atoms with van der Waals surface area (Å²) in [5.41, 5.74) is 1.67. The van der Waals surface area contributed by atoms with Crippen molar-refractivity contribution in [3.05, 3.63) is 33.8 Å². The Morgan fingerprint density at radius 2 is 2.06 bits per heavy atom. The molecular formula is C13H14BrNO. The summed E-state index contributed by atoms with van der Waals surface area (Å²) < 4.78 is 0.762. The van der Waals surface area contributed by atoms with Gasteiger partial charge in [0.15, 0.2) is 5.78 Å². The highest BCUT2D eigenvalue weighted by Crippen LogP contribution is 2.24. The summed E-state index contributed by atoms with van der Waals surface area (Å²) in [6.07, 6.45) is 0. The molecule has 84 valence electrons. The van der Waals surface area contributed by atoms with Crippen LogP contribution >= 0.6 is 15.9 Å². The summed E-state index contributed by atoms with van der Waals surface area (Å²) in [6, 6.07) is 7.62. The highest BCUT2D eigenvalue weighted by atomic mass is 79.9. The molecule has 0 heterocycles. The van der Waals surface area contributed by atoms with E-state index in [4.69, 9.17) is 5.26 Å². The zero-order valence-electron chi connectivity index (χ0n) is 9.62. The Hall–Kier alpha value is -1.14. The minimum absolute atomic E-state index is 0.0331. The van der Waals surface area contributed by atoms with Gasteiger partial charge >= 0.3 is 0 Å². The number of Topliss-reactive ketones (excluding diaryl/α,β-unsaturated/α-hetero) is 1. The number of hydrogen-bond donors (Lipinski definition) is 0. The minimum atomic E-state index is -0.570. The SMILES string of the molecule is Cc1ccc(C(=O)C(C#N)C(C)C)c(Br)c1. The van der Waals surface area contributed by atoms with E-state index in [1.54, 1.807) is 6.07 Å². The van der Waals surface area contributed by atoms with Gasteiger partial charge in [0.25, 0.3) is 0 Å². The van der Waals surface area contributed by atoms with Crippen molar-refractivity contribution in [2.75, 3.05) is 0 Å². The molecule has 0 saturated heterocycles. The Kier molecular flexibility index (Phi) is 4.26. The molecular weight excluding hydrogens is 266 g/mol. The summed E-state index contributed by atoms with van der Waals surface area (Å²) in [4.78, 5) is 12.1. The molecule has 1 aromatic rings. The molecule has 1 aromatic carbocycles. The summed E-state index contributed by atoms with van der Waals surface area (Å²) >= 11 is 3.36. The van der Waals surface area contributed by atoms with Gasteiger partial charge in [-0.25, -0.2) is 0 Å². The highest BCUT2D eigenvalue weighted by molar-refractivity contribution is 9.10. The van der Waals surface area contributed by atoms with E-state index in [1.165, 1.54) is 0 Å². The van der Waals surface area contributed by atoms with Gasteiger partial charge in [-0.05, 0) is 30.5 Å². The monoisotopic (exact) mass is 279 g/mol. The molecule has 16 heavy (non-hydrogen) atoms. The summed E-state index contributed by atoms with van der Waals surface area (Å²) in [6.45, 7) is 5.73. The predicted octanol–water partition coefficient (Wildman–Crippen LogP) is 3.74. The van der Waals surface area contributed by atoms with Crippen LogP contribution in [-0.4, -0.2) is 5.78 Å². The van der Waals surface area contributed by atoms with Crippen molar-refractivity contribution in [2.24, 2.45) is 11.8 Å². The number of carbonyl (C=O) groups is 1. The van der Waals surface area contributed by atoms with Crippen molar-refractivity contribution < 1.29 is 4.79 Å². The van der Waals surface area contributed by atoms with E-state index >= 15 is 0 Å². The molecule has 0 aromatic heterocycles. The third-order valence-corrected chi connectivity index (χ3v) is 3.13. The molecule has 1 unspecified atom stereocenters.